The lowest BCUT2D eigenvalue weighted by atomic mass is 9.98. The fraction of sp³-hybridized carbons (Fsp3) is 1.00. The number of hydrogen-bond donors (Lipinski definition) is 4. The summed E-state index contributed by atoms with van der Waals surface area (Å²) in [6.07, 6.45) is -3.64. The molecule has 0 aromatic heterocycles. The fourth-order valence-corrected chi connectivity index (χ4v) is 1.37. The van der Waals surface area contributed by atoms with E-state index in [9.17, 15) is 10.2 Å². The van der Waals surface area contributed by atoms with Gasteiger partial charge in [0.2, 0.25) is 6.29 Å². The van der Waals surface area contributed by atoms with Crippen molar-refractivity contribution in [1.29, 1.82) is 0 Å². The highest BCUT2D eigenvalue weighted by molar-refractivity contribution is 4.87. The van der Waals surface area contributed by atoms with E-state index in [1.165, 1.54) is 7.11 Å². The zero-order valence-electron chi connectivity index (χ0n) is 7.46. The number of methoxy groups -OCH3 is 1. The van der Waals surface area contributed by atoms with Crippen LogP contribution in [0.3, 0.4) is 0 Å². The van der Waals surface area contributed by atoms with Crippen LogP contribution in [0.1, 0.15) is 0 Å². The Bertz CT molecular complexity index is 147. The zero-order chi connectivity index (χ0) is 10.0. The van der Waals surface area contributed by atoms with Gasteiger partial charge in [-0.05, 0) is 0 Å². The van der Waals surface area contributed by atoms with Crippen LogP contribution in [0.25, 0.3) is 0 Å². The molecule has 0 aromatic carbocycles. The monoisotopic (exact) mass is 194 g/mol. The Balaban J connectivity index is 2.66. The van der Waals surface area contributed by atoms with Gasteiger partial charge in [-0.3, -0.25) is 0 Å². The normalized spacial score (nSPS) is 46.4. The molecule has 6 heteroatoms. The number of quaternary nitrogens is 1. The summed E-state index contributed by atoms with van der Waals surface area (Å²) in [5.41, 5.74) is 3.61. The molecule has 0 bridgehead atoms. The highest BCUT2D eigenvalue weighted by Crippen LogP contribution is 2.18. The molecule has 13 heavy (non-hydrogen) atoms. The van der Waals surface area contributed by atoms with Gasteiger partial charge in [0, 0.05) is 7.11 Å². The van der Waals surface area contributed by atoms with Crippen molar-refractivity contribution >= 4 is 0 Å². The molecular formula is C7H16NO5+. The van der Waals surface area contributed by atoms with Gasteiger partial charge in [0.25, 0.3) is 0 Å². The third kappa shape index (κ3) is 1.98. The van der Waals surface area contributed by atoms with E-state index in [0.29, 0.717) is 0 Å². The molecule has 1 fully saturated rings. The van der Waals surface area contributed by atoms with Gasteiger partial charge in [-0.15, -0.1) is 0 Å². The summed E-state index contributed by atoms with van der Waals surface area (Å²) in [5.74, 6) is 0. The van der Waals surface area contributed by atoms with E-state index in [1.807, 2.05) is 0 Å². The second kappa shape index (κ2) is 4.32. The van der Waals surface area contributed by atoms with Gasteiger partial charge in [0.15, 0.2) is 6.04 Å². The summed E-state index contributed by atoms with van der Waals surface area (Å²) in [4.78, 5) is 0. The predicted octanol–water partition coefficient (Wildman–Crippen LogP) is -3.32. The van der Waals surface area contributed by atoms with Crippen LogP contribution in [0.4, 0.5) is 0 Å². The topological polar surface area (TPSA) is 107 Å². The molecule has 0 amide bonds. The van der Waals surface area contributed by atoms with Gasteiger partial charge >= 0.3 is 0 Å². The summed E-state index contributed by atoms with van der Waals surface area (Å²) >= 11 is 0. The van der Waals surface area contributed by atoms with Crippen LogP contribution in [0.5, 0.6) is 0 Å². The Hall–Kier alpha value is -0.240. The maximum Gasteiger partial charge on any atom is 0.213 e. The molecule has 0 aromatic rings. The Kier molecular flexibility index (Phi) is 3.60. The minimum Gasteiger partial charge on any atom is -0.394 e. The highest BCUT2D eigenvalue weighted by atomic mass is 16.7. The first-order valence-electron chi connectivity index (χ1n) is 4.10. The second-order valence-corrected chi connectivity index (χ2v) is 3.11. The zero-order valence-corrected chi connectivity index (χ0v) is 7.46. The van der Waals surface area contributed by atoms with Gasteiger partial charge in [-0.2, -0.15) is 0 Å². The molecular weight excluding hydrogens is 178 g/mol. The minimum absolute atomic E-state index is 0.356. The summed E-state index contributed by atoms with van der Waals surface area (Å²) < 4.78 is 10.0. The maximum absolute atomic E-state index is 9.47. The number of aliphatic hydroxyl groups is 3. The van der Waals surface area contributed by atoms with E-state index in [4.69, 9.17) is 14.6 Å². The Morgan fingerprint density at radius 3 is 2.46 bits per heavy atom. The summed E-state index contributed by atoms with van der Waals surface area (Å²) in [6.45, 7) is -0.356. The number of rotatable bonds is 2. The van der Waals surface area contributed by atoms with E-state index in [-0.39, 0.29) is 6.61 Å². The van der Waals surface area contributed by atoms with Gasteiger partial charge < -0.3 is 30.5 Å². The van der Waals surface area contributed by atoms with E-state index in [0.717, 1.165) is 0 Å². The third-order valence-corrected chi connectivity index (χ3v) is 2.24. The largest absolute Gasteiger partial charge is 0.394 e. The lowest BCUT2D eigenvalue weighted by Crippen LogP contribution is -2.78. The average Bonchev–Trinajstić information content (AvgIpc) is 2.15. The van der Waals surface area contributed by atoms with E-state index in [1.54, 1.807) is 0 Å². The van der Waals surface area contributed by atoms with Gasteiger partial charge in [-0.1, -0.05) is 0 Å². The SMILES string of the molecule is COC1OC(CO)C(O)C(O)C1[NH3+]. The second-order valence-electron chi connectivity index (χ2n) is 3.11. The summed E-state index contributed by atoms with van der Waals surface area (Å²) in [6, 6.07) is -0.553. The van der Waals surface area contributed by atoms with Gasteiger partial charge in [-0.25, -0.2) is 0 Å². The first-order chi connectivity index (χ1) is 6.11. The summed E-state index contributed by atoms with van der Waals surface area (Å²) in [5, 5.41) is 27.7. The molecule has 1 aliphatic rings. The quantitative estimate of drug-likeness (QED) is 0.368. The van der Waals surface area contributed by atoms with Crippen LogP contribution in [0.2, 0.25) is 0 Å². The number of aliphatic hydroxyl groups excluding tert-OH is 3. The van der Waals surface area contributed by atoms with Crippen LogP contribution in [-0.2, 0) is 9.47 Å². The lowest BCUT2D eigenvalue weighted by molar-refractivity contribution is -0.499. The van der Waals surface area contributed by atoms with E-state index in [2.05, 4.69) is 5.73 Å². The highest BCUT2D eigenvalue weighted by Gasteiger charge is 2.44. The standard InChI is InChI=1S/C7H15NO5/c1-12-7-4(8)6(11)5(10)3(2-9)13-7/h3-7,9-11H,2,8H2,1H3/p+1. The van der Waals surface area contributed by atoms with Crippen LogP contribution >= 0.6 is 0 Å². The fourth-order valence-electron chi connectivity index (χ4n) is 1.37. The molecule has 5 atom stereocenters. The number of ether oxygens (including phenoxy) is 2. The van der Waals surface area contributed by atoms with Crippen molar-refractivity contribution in [2.45, 2.75) is 30.6 Å². The van der Waals surface area contributed by atoms with Crippen LogP contribution in [0.15, 0.2) is 0 Å². The molecule has 1 heterocycles. The molecule has 0 radical (unpaired) electrons. The predicted molar refractivity (Wildman–Crippen MR) is 41.4 cm³/mol. The third-order valence-electron chi connectivity index (χ3n) is 2.24. The van der Waals surface area contributed by atoms with Crippen molar-refractivity contribution < 1.29 is 30.5 Å². The molecule has 78 valence electrons. The Labute approximate surface area is 75.9 Å². The number of hydrogen-bond acceptors (Lipinski definition) is 5. The van der Waals surface area contributed by atoms with Crippen molar-refractivity contribution in [2.24, 2.45) is 0 Å². The summed E-state index contributed by atoms with van der Waals surface area (Å²) in [7, 11) is 1.42. The molecule has 6 N–H and O–H groups in total. The average molecular weight is 194 g/mol. The van der Waals surface area contributed by atoms with Crippen LogP contribution in [0, 0.1) is 0 Å². The molecule has 1 aliphatic heterocycles. The van der Waals surface area contributed by atoms with Crippen LogP contribution < -0.4 is 5.73 Å². The van der Waals surface area contributed by atoms with Crippen molar-refractivity contribution in [2.75, 3.05) is 13.7 Å². The van der Waals surface area contributed by atoms with Crippen molar-refractivity contribution in [1.82, 2.24) is 0 Å². The van der Waals surface area contributed by atoms with E-state index < -0.39 is 30.6 Å². The van der Waals surface area contributed by atoms with Crippen molar-refractivity contribution in [3.05, 3.63) is 0 Å². The van der Waals surface area contributed by atoms with Crippen molar-refractivity contribution in [3.63, 3.8) is 0 Å². The molecule has 0 saturated carbocycles. The van der Waals surface area contributed by atoms with Gasteiger partial charge in [0.05, 0.1) is 6.61 Å². The van der Waals surface area contributed by atoms with Crippen LogP contribution in [-0.4, -0.2) is 59.7 Å². The first kappa shape index (κ1) is 10.8. The molecule has 6 nitrogen and oxygen atoms in total. The molecule has 0 spiro atoms. The molecule has 1 saturated heterocycles. The van der Waals surface area contributed by atoms with Gasteiger partial charge in [0.1, 0.15) is 18.3 Å². The van der Waals surface area contributed by atoms with Crippen molar-refractivity contribution in [3.8, 4) is 0 Å². The molecule has 0 aliphatic carbocycles. The smallest absolute Gasteiger partial charge is 0.213 e. The Morgan fingerprint density at radius 1 is 1.38 bits per heavy atom. The molecule has 1 rings (SSSR count). The molecule has 5 unspecified atom stereocenters. The lowest BCUT2D eigenvalue weighted by Gasteiger charge is -2.37. The minimum atomic E-state index is -1.11. The van der Waals surface area contributed by atoms with E-state index >= 15 is 0 Å². The first-order valence-corrected chi connectivity index (χ1v) is 4.10. The Morgan fingerprint density at radius 2 is 2.00 bits per heavy atom. The maximum atomic E-state index is 9.47.